The van der Waals surface area contributed by atoms with Crippen LogP contribution in [0.5, 0.6) is 0 Å². The number of carbonyl (C=O) groups is 3. The third-order valence-electron chi connectivity index (χ3n) is 6.03. The highest BCUT2D eigenvalue weighted by Crippen LogP contribution is 2.21. The predicted octanol–water partition coefficient (Wildman–Crippen LogP) is 4.30. The fourth-order valence-electron chi connectivity index (χ4n) is 4.06. The van der Waals surface area contributed by atoms with Crippen LogP contribution in [0.2, 0.25) is 5.02 Å². The monoisotopic (exact) mass is 525 g/mol. The number of benzene rings is 2. The Labute approximate surface area is 219 Å². The molecular weight excluding hydrogens is 498 g/mol. The number of carbonyl (C=O) groups excluding carboxylic acids is 3. The molecule has 9 heteroatoms. The second-order valence-electron chi connectivity index (χ2n) is 8.56. The zero-order chi connectivity index (χ0) is 25.5. The minimum atomic E-state index is -0.712. The third kappa shape index (κ3) is 6.92. The van der Waals surface area contributed by atoms with Gasteiger partial charge in [-0.25, -0.2) is 0 Å². The molecule has 1 N–H and O–H groups in total. The fraction of sp³-hybridized carbons (Fsp3) is 0.296. The van der Waals surface area contributed by atoms with E-state index in [4.69, 9.17) is 16.0 Å². The van der Waals surface area contributed by atoms with Crippen molar-refractivity contribution in [3.63, 3.8) is 0 Å². The number of ketones is 1. The van der Waals surface area contributed by atoms with Crippen LogP contribution in [-0.2, 0) is 16.0 Å². The first-order valence-corrected chi connectivity index (χ1v) is 13.1. The van der Waals surface area contributed by atoms with Gasteiger partial charge < -0.3 is 19.5 Å². The molecule has 1 aliphatic heterocycles. The number of amides is 2. The van der Waals surface area contributed by atoms with Crippen molar-refractivity contribution in [2.45, 2.75) is 24.3 Å². The van der Waals surface area contributed by atoms with Crippen molar-refractivity contribution in [2.24, 2.45) is 0 Å². The molecule has 2 aromatic carbocycles. The molecule has 2 amide bonds. The largest absolute Gasteiger partial charge is 0.469 e. The molecule has 1 aromatic heterocycles. The number of furan rings is 1. The van der Waals surface area contributed by atoms with Crippen LogP contribution in [0.1, 0.15) is 23.0 Å². The molecule has 1 saturated heterocycles. The lowest BCUT2D eigenvalue weighted by atomic mass is 10.1. The van der Waals surface area contributed by atoms with Gasteiger partial charge in [-0.3, -0.25) is 14.4 Å². The molecule has 1 unspecified atom stereocenters. The van der Waals surface area contributed by atoms with Gasteiger partial charge in [-0.05, 0) is 67.6 Å². The van der Waals surface area contributed by atoms with Crippen molar-refractivity contribution in [1.82, 2.24) is 10.2 Å². The Bertz CT molecular complexity index is 1170. The number of hydrogen-bond donors (Lipinski definition) is 1. The summed E-state index contributed by atoms with van der Waals surface area (Å²) >= 11 is 7.31. The molecule has 3 aromatic rings. The summed E-state index contributed by atoms with van der Waals surface area (Å²) in [6.45, 7) is 3.96. The molecule has 188 valence electrons. The van der Waals surface area contributed by atoms with Gasteiger partial charge in [0.25, 0.3) is 0 Å². The van der Waals surface area contributed by atoms with Gasteiger partial charge in [0.2, 0.25) is 11.8 Å². The molecule has 2 heterocycles. The number of Topliss-reactive ketones (excluding diaryl/α,β-unsaturated/α-hetero) is 1. The SMILES string of the molecule is CC(=O)c1ccc(N2CCN(C(=O)C(Cc3ccco3)NC(=O)CSc3ccc(Cl)cc3)CC2)cc1. The molecule has 36 heavy (non-hydrogen) atoms. The summed E-state index contributed by atoms with van der Waals surface area (Å²) in [6.07, 6.45) is 1.85. The van der Waals surface area contributed by atoms with Crippen LogP contribution in [0.15, 0.2) is 76.2 Å². The van der Waals surface area contributed by atoms with E-state index in [1.807, 2.05) is 36.4 Å². The Balaban J connectivity index is 1.35. The number of anilines is 1. The van der Waals surface area contributed by atoms with Crippen molar-refractivity contribution in [1.29, 1.82) is 0 Å². The van der Waals surface area contributed by atoms with Crippen LogP contribution in [0.25, 0.3) is 0 Å². The highest BCUT2D eigenvalue weighted by atomic mass is 35.5. The number of piperazine rings is 1. The molecular formula is C27H28ClN3O4S. The van der Waals surface area contributed by atoms with Gasteiger partial charge in [0.1, 0.15) is 11.8 Å². The smallest absolute Gasteiger partial charge is 0.245 e. The predicted molar refractivity (Wildman–Crippen MR) is 142 cm³/mol. The van der Waals surface area contributed by atoms with Crippen molar-refractivity contribution in [3.05, 3.63) is 83.3 Å². The number of nitrogens with zero attached hydrogens (tertiary/aromatic N) is 2. The van der Waals surface area contributed by atoms with Crippen LogP contribution in [0.3, 0.4) is 0 Å². The molecule has 0 aliphatic carbocycles. The Morgan fingerprint density at radius 3 is 2.31 bits per heavy atom. The van der Waals surface area contributed by atoms with Gasteiger partial charge in [0, 0.05) is 53.8 Å². The first-order valence-electron chi connectivity index (χ1n) is 11.7. The van der Waals surface area contributed by atoms with E-state index in [-0.39, 0.29) is 29.8 Å². The first kappa shape index (κ1) is 25.9. The molecule has 4 rings (SSSR count). The summed E-state index contributed by atoms with van der Waals surface area (Å²) < 4.78 is 5.45. The van der Waals surface area contributed by atoms with Crippen LogP contribution in [0.4, 0.5) is 5.69 Å². The zero-order valence-electron chi connectivity index (χ0n) is 20.0. The topological polar surface area (TPSA) is 82.9 Å². The maximum absolute atomic E-state index is 13.4. The molecule has 1 atom stereocenters. The molecule has 0 radical (unpaired) electrons. The lowest BCUT2D eigenvalue weighted by molar-refractivity contribution is -0.136. The van der Waals surface area contributed by atoms with E-state index in [0.29, 0.717) is 42.5 Å². The van der Waals surface area contributed by atoms with Gasteiger partial charge in [-0.1, -0.05) is 11.6 Å². The Kier molecular flexibility index (Phi) is 8.72. The van der Waals surface area contributed by atoms with Crippen LogP contribution in [-0.4, -0.2) is 60.5 Å². The van der Waals surface area contributed by atoms with E-state index in [1.165, 1.54) is 11.8 Å². The molecule has 0 saturated carbocycles. The van der Waals surface area contributed by atoms with Gasteiger partial charge >= 0.3 is 0 Å². The van der Waals surface area contributed by atoms with Crippen molar-refractivity contribution >= 4 is 46.6 Å². The maximum Gasteiger partial charge on any atom is 0.245 e. The summed E-state index contributed by atoms with van der Waals surface area (Å²) in [6, 6.07) is 17.7. The third-order valence-corrected chi connectivity index (χ3v) is 7.30. The molecule has 0 spiro atoms. The quantitative estimate of drug-likeness (QED) is 0.331. The van der Waals surface area contributed by atoms with Crippen LogP contribution in [0, 0.1) is 0 Å². The summed E-state index contributed by atoms with van der Waals surface area (Å²) in [5.41, 5.74) is 1.70. The Hall–Kier alpha value is -3.23. The minimum absolute atomic E-state index is 0.0353. The average Bonchev–Trinajstić information content (AvgIpc) is 3.41. The molecule has 0 bridgehead atoms. The molecule has 1 fully saturated rings. The number of hydrogen-bond acceptors (Lipinski definition) is 6. The van der Waals surface area contributed by atoms with Gasteiger partial charge in [0.15, 0.2) is 5.78 Å². The molecule has 1 aliphatic rings. The summed E-state index contributed by atoms with van der Waals surface area (Å²) in [5.74, 6) is 0.524. The van der Waals surface area contributed by atoms with Gasteiger partial charge in [-0.15, -0.1) is 11.8 Å². The summed E-state index contributed by atoms with van der Waals surface area (Å²) in [4.78, 5) is 42.6. The summed E-state index contributed by atoms with van der Waals surface area (Å²) in [7, 11) is 0. The lowest BCUT2D eigenvalue weighted by Crippen LogP contribution is -2.55. The van der Waals surface area contributed by atoms with Crippen LogP contribution >= 0.6 is 23.4 Å². The highest BCUT2D eigenvalue weighted by molar-refractivity contribution is 8.00. The summed E-state index contributed by atoms with van der Waals surface area (Å²) in [5, 5.41) is 3.55. The van der Waals surface area contributed by atoms with E-state index in [0.717, 1.165) is 10.6 Å². The number of nitrogens with one attached hydrogen (secondary N) is 1. The average molecular weight is 526 g/mol. The van der Waals surface area contributed by atoms with E-state index in [9.17, 15) is 14.4 Å². The number of halogens is 1. The second kappa shape index (κ2) is 12.1. The van der Waals surface area contributed by atoms with Gasteiger partial charge in [-0.2, -0.15) is 0 Å². The fourth-order valence-corrected chi connectivity index (χ4v) is 4.89. The van der Waals surface area contributed by atoms with Crippen molar-refractivity contribution < 1.29 is 18.8 Å². The van der Waals surface area contributed by atoms with Crippen LogP contribution < -0.4 is 10.2 Å². The van der Waals surface area contributed by atoms with E-state index >= 15 is 0 Å². The van der Waals surface area contributed by atoms with Gasteiger partial charge in [0.05, 0.1) is 12.0 Å². The number of rotatable bonds is 9. The number of thioether (sulfide) groups is 1. The van der Waals surface area contributed by atoms with E-state index in [2.05, 4.69) is 10.2 Å². The maximum atomic E-state index is 13.4. The first-order chi connectivity index (χ1) is 17.4. The zero-order valence-corrected chi connectivity index (χ0v) is 21.6. The highest BCUT2D eigenvalue weighted by Gasteiger charge is 2.29. The Morgan fingerprint density at radius 1 is 1.00 bits per heavy atom. The second-order valence-corrected chi connectivity index (χ2v) is 10.0. The molecule has 7 nitrogen and oxygen atoms in total. The van der Waals surface area contributed by atoms with Crippen molar-refractivity contribution in [3.8, 4) is 0 Å². The van der Waals surface area contributed by atoms with E-state index in [1.54, 1.807) is 42.4 Å². The normalized spacial score (nSPS) is 14.4. The Morgan fingerprint density at radius 2 is 1.69 bits per heavy atom. The van der Waals surface area contributed by atoms with Crippen molar-refractivity contribution in [2.75, 3.05) is 36.8 Å². The standard InChI is InChI=1S/C27H28ClN3O4S/c1-19(32)20-4-8-22(9-5-20)30-12-14-31(15-13-30)27(34)25(17-23-3-2-16-35-23)29-26(33)18-36-24-10-6-21(28)7-11-24/h2-11,16,25H,12-15,17-18H2,1H3,(H,29,33). The van der Waals surface area contributed by atoms with E-state index < -0.39 is 6.04 Å². The lowest BCUT2D eigenvalue weighted by Gasteiger charge is -2.37. The minimum Gasteiger partial charge on any atom is -0.469 e.